The van der Waals surface area contributed by atoms with E-state index in [1.807, 2.05) is 6.92 Å². The van der Waals surface area contributed by atoms with Gasteiger partial charge in [0.25, 0.3) is 0 Å². The maximum Gasteiger partial charge on any atom is 0.460 e. The standard InChI is InChI=1S/C29H29F17N2O5/c1-2-3-4-5-6-7-13-50-18-15-17(22-47-10-8-11-48-22)19(30)20(31)21(18)51-14-9-12-49-16-23(32,33)52-28(43,44)29(45,46)53-27(41,42)25(36,37)24(34,35)26(38,39)40/h8,10-11,15H,2-7,9,12-14,16H2,1H3. The molecule has 0 spiro atoms. The molecule has 304 valence electrons. The maximum absolute atomic E-state index is 15.1. The van der Waals surface area contributed by atoms with E-state index < -0.39 is 91.6 Å². The normalized spacial score (nSPS) is 13.8. The lowest BCUT2D eigenvalue weighted by atomic mass is 10.1. The molecule has 1 heterocycles. The van der Waals surface area contributed by atoms with Gasteiger partial charge in [-0.3, -0.25) is 0 Å². The third-order valence-electron chi connectivity index (χ3n) is 6.63. The van der Waals surface area contributed by atoms with Crippen LogP contribution in [0.25, 0.3) is 11.4 Å². The Hall–Kier alpha value is -3.41. The number of unbranched alkanes of at least 4 members (excludes halogenated alkanes) is 5. The minimum atomic E-state index is -7.97. The SMILES string of the molecule is CCCCCCCCOc1cc(-c2ncccn2)c(F)c(F)c1OCCCOCC(F)(F)OC(F)(F)C(F)(F)OC(F)(F)C(F)(F)C(F)(F)C(F)(F)F. The van der Waals surface area contributed by atoms with E-state index >= 15 is 4.39 Å². The first-order chi connectivity index (χ1) is 24.2. The van der Waals surface area contributed by atoms with Gasteiger partial charge in [-0.2, -0.15) is 70.2 Å². The van der Waals surface area contributed by atoms with Crippen molar-refractivity contribution < 1.29 is 98.3 Å². The average molecular weight is 809 g/mol. The molecule has 0 aliphatic carbocycles. The monoisotopic (exact) mass is 808 g/mol. The van der Waals surface area contributed by atoms with E-state index in [4.69, 9.17) is 9.47 Å². The van der Waals surface area contributed by atoms with Crippen LogP contribution in [0, 0.1) is 11.6 Å². The van der Waals surface area contributed by atoms with Crippen molar-refractivity contribution in [1.29, 1.82) is 0 Å². The summed E-state index contributed by atoms with van der Waals surface area (Å²) in [5.74, 6) is -20.3. The second kappa shape index (κ2) is 17.8. The molecule has 53 heavy (non-hydrogen) atoms. The van der Waals surface area contributed by atoms with Crippen molar-refractivity contribution in [2.24, 2.45) is 0 Å². The molecule has 0 saturated carbocycles. The summed E-state index contributed by atoms with van der Waals surface area (Å²) >= 11 is 0. The number of aromatic nitrogens is 2. The minimum Gasteiger partial charge on any atom is -0.490 e. The van der Waals surface area contributed by atoms with Gasteiger partial charge in [-0.15, -0.1) is 0 Å². The zero-order valence-corrected chi connectivity index (χ0v) is 26.9. The highest BCUT2D eigenvalue weighted by Crippen LogP contribution is 2.56. The summed E-state index contributed by atoms with van der Waals surface area (Å²) in [7, 11) is 0. The van der Waals surface area contributed by atoms with E-state index in [-0.39, 0.29) is 18.2 Å². The van der Waals surface area contributed by atoms with Crippen LogP contribution in [0.15, 0.2) is 24.5 Å². The summed E-state index contributed by atoms with van der Waals surface area (Å²) in [4.78, 5) is 7.65. The molecule has 0 saturated heterocycles. The largest absolute Gasteiger partial charge is 0.490 e. The van der Waals surface area contributed by atoms with E-state index in [0.29, 0.717) is 6.42 Å². The fourth-order valence-corrected chi connectivity index (χ4v) is 3.94. The van der Waals surface area contributed by atoms with Gasteiger partial charge in [0.2, 0.25) is 5.82 Å². The molecule has 2 aromatic rings. The second-order valence-corrected chi connectivity index (χ2v) is 10.9. The van der Waals surface area contributed by atoms with Gasteiger partial charge < -0.3 is 14.2 Å². The van der Waals surface area contributed by atoms with Gasteiger partial charge in [0.05, 0.1) is 25.4 Å². The molecule has 1 aromatic heterocycles. The average Bonchev–Trinajstić information content (AvgIpc) is 3.03. The Morgan fingerprint density at radius 3 is 1.72 bits per heavy atom. The van der Waals surface area contributed by atoms with Crippen LogP contribution in [-0.2, 0) is 14.2 Å². The first-order valence-corrected chi connectivity index (χ1v) is 15.1. The Labute approximate surface area is 288 Å². The molecule has 7 nitrogen and oxygen atoms in total. The van der Waals surface area contributed by atoms with E-state index in [1.165, 1.54) is 18.5 Å². The molecule has 24 heteroatoms. The van der Waals surface area contributed by atoms with Crippen molar-refractivity contribution in [2.45, 2.75) is 94.3 Å². The molecule has 2 rings (SSSR count). The summed E-state index contributed by atoms with van der Waals surface area (Å²) < 4.78 is 246. The lowest BCUT2D eigenvalue weighted by Crippen LogP contribution is -2.64. The highest BCUT2D eigenvalue weighted by Gasteiger charge is 2.85. The highest BCUT2D eigenvalue weighted by molar-refractivity contribution is 5.62. The third-order valence-corrected chi connectivity index (χ3v) is 6.63. The van der Waals surface area contributed by atoms with Gasteiger partial charge in [0.1, 0.15) is 6.61 Å². The van der Waals surface area contributed by atoms with Crippen LogP contribution in [-0.4, -0.2) is 78.9 Å². The van der Waals surface area contributed by atoms with Crippen LogP contribution in [0.5, 0.6) is 11.5 Å². The molecule has 1 aromatic carbocycles. The summed E-state index contributed by atoms with van der Waals surface area (Å²) in [6.07, 6.45) is -28.5. The fraction of sp³-hybridized carbons (Fsp3) is 0.655. The third kappa shape index (κ3) is 11.5. The molecule has 0 bridgehead atoms. The lowest BCUT2D eigenvalue weighted by molar-refractivity contribution is -0.543. The van der Waals surface area contributed by atoms with Gasteiger partial charge in [-0.25, -0.2) is 23.8 Å². The highest BCUT2D eigenvalue weighted by atomic mass is 19.4. The quantitative estimate of drug-likeness (QED) is 0.0818. The number of nitrogens with zero attached hydrogens (tertiary/aromatic N) is 2. The van der Waals surface area contributed by atoms with Gasteiger partial charge in [0.15, 0.2) is 23.1 Å². The molecule has 0 unspecified atom stereocenters. The predicted molar refractivity (Wildman–Crippen MR) is 145 cm³/mol. The van der Waals surface area contributed by atoms with Crippen LogP contribution in [0.1, 0.15) is 51.9 Å². The van der Waals surface area contributed by atoms with Crippen molar-refractivity contribution in [3.63, 3.8) is 0 Å². The number of halogens is 17. The Balaban J connectivity index is 2.04. The first-order valence-electron chi connectivity index (χ1n) is 15.1. The number of alkyl halides is 15. The van der Waals surface area contributed by atoms with Crippen LogP contribution >= 0.6 is 0 Å². The smallest absolute Gasteiger partial charge is 0.460 e. The lowest BCUT2D eigenvalue weighted by Gasteiger charge is -2.36. The van der Waals surface area contributed by atoms with E-state index in [2.05, 4.69) is 19.4 Å². The Kier molecular flexibility index (Phi) is 15.4. The summed E-state index contributed by atoms with van der Waals surface area (Å²) in [6, 6.07) is 2.42. The molecule has 0 N–H and O–H groups in total. The summed E-state index contributed by atoms with van der Waals surface area (Å²) in [6.45, 7) is -2.10. The number of hydrogen-bond donors (Lipinski definition) is 0. The molecular weight excluding hydrogens is 779 g/mol. The van der Waals surface area contributed by atoms with E-state index in [9.17, 15) is 70.2 Å². The van der Waals surface area contributed by atoms with E-state index in [1.54, 1.807) is 4.74 Å². The van der Waals surface area contributed by atoms with Crippen LogP contribution in [0.4, 0.5) is 74.6 Å². The fourth-order valence-electron chi connectivity index (χ4n) is 3.94. The first kappa shape index (κ1) is 45.7. The van der Waals surface area contributed by atoms with Crippen molar-refractivity contribution in [3.8, 4) is 22.9 Å². The zero-order valence-electron chi connectivity index (χ0n) is 26.9. The van der Waals surface area contributed by atoms with Crippen molar-refractivity contribution in [3.05, 3.63) is 36.2 Å². The van der Waals surface area contributed by atoms with E-state index in [0.717, 1.165) is 38.2 Å². The van der Waals surface area contributed by atoms with Gasteiger partial charge >= 0.3 is 42.5 Å². The summed E-state index contributed by atoms with van der Waals surface area (Å²) in [5.41, 5.74) is -0.427. The predicted octanol–water partition coefficient (Wildman–Crippen LogP) is 10.2. The van der Waals surface area contributed by atoms with Crippen molar-refractivity contribution in [2.75, 3.05) is 26.4 Å². The number of rotatable bonds is 23. The van der Waals surface area contributed by atoms with Crippen LogP contribution < -0.4 is 9.47 Å². The van der Waals surface area contributed by atoms with Gasteiger partial charge in [-0.1, -0.05) is 39.0 Å². The molecule has 0 radical (unpaired) electrons. The minimum absolute atomic E-state index is 0.00959. The molecule has 0 aliphatic rings. The molecule has 0 amide bonds. The Bertz CT molecular complexity index is 1450. The Morgan fingerprint density at radius 1 is 0.585 bits per heavy atom. The molecular formula is C29H29F17N2O5. The molecule has 0 fully saturated rings. The van der Waals surface area contributed by atoms with Crippen molar-refractivity contribution >= 4 is 0 Å². The van der Waals surface area contributed by atoms with Gasteiger partial charge in [-0.05, 0) is 18.6 Å². The van der Waals surface area contributed by atoms with Crippen LogP contribution in [0.2, 0.25) is 0 Å². The Morgan fingerprint density at radius 2 is 1.13 bits per heavy atom. The number of ether oxygens (including phenoxy) is 5. The van der Waals surface area contributed by atoms with Crippen LogP contribution in [0.3, 0.4) is 0 Å². The molecule has 0 aliphatic heterocycles. The zero-order chi connectivity index (χ0) is 40.5. The van der Waals surface area contributed by atoms with Crippen molar-refractivity contribution in [1.82, 2.24) is 9.97 Å². The molecule has 0 atom stereocenters. The summed E-state index contributed by atoms with van der Waals surface area (Å²) in [5, 5.41) is 0. The second-order valence-electron chi connectivity index (χ2n) is 10.9. The number of hydrogen-bond acceptors (Lipinski definition) is 7. The maximum atomic E-state index is 15.1. The number of benzene rings is 1. The van der Waals surface area contributed by atoms with Gasteiger partial charge in [0, 0.05) is 18.8 Å². The topological polar surface area (TPSA) is 71.9 Å².